The van der Waals surface area contributed by atoms with Crippen LogP contribution >= 0.6 is 0 Å². The van der Waals surface area contributed by atoms with Crippen molar-refractivity contribution in [3.8, 4) is 5.75 Å². The predicted molar refractivity (Wildman–Crippen MR) is 91.4 cm³/mol. The van der Waals surface area contributed by atoms with E-state index < -0.39 is 29.7 Å². The van der Waals surface area contributed by atoms with Gasteiger partial charge in [0, 0.05) is 12.0 Å². The molecular formula is C19H18F3NO4. The topological polar surface area (TPSA) is 64.6 Å². The Kier molecular flexibility index (Phi) is 6.44. The first kappa shape index (κ1) is 20.3. The van der Waals surface area contributed by atoms with Crippen molar-refractivity contribution in [3.05, 3.63) is 65.2 Å². The van der Waals surface area contributed by atoms with E-state index in [2.05, 4.69) is 5.32 Å². The zero-order valence-corrected chi connectivity index (χ0v) is 14.7. The number of methoxy groups -OCH3 is 2. The van der Waals surface area contributed by atoms with Crippen LogP contribution in [0.3, 0.4) is 0 Å². The molecule has 0 unspecified atom stereocenters. The van der Waals surface area contributed by atoms with E-state index in [4.69, 9.17) is 9.47 Å². The van der Waals surface area contributed by atoms with Gasteiger partial charge in [-0.3, -0.25) is 4.79 Å². The molecule has 1 N–H and O–H groups in total. The van der Waals surface area contributed by atoms with Gasteiger partial charge in [-0.25, -0.2) is 4.79 Å². The molecule has 27 heavy (non-hydrogen) atoms. The maximum atomic E-state index is 12.6. The first-order chi connectivity index (χ1) is 12.7. The maximum Gasteiger partial charge on any atom is 0.416 e. The number of carbonyl (C=O) groups excluding carboxylic acids is 2. The van der Waals surface area contributed by atoms with Crippen molar-refractivity contribution >= 4 is 11.9 Å². The largest absolute Gasteiger partial charge is 0.497 e. The normalized spacial score (nSPS) is 12.2. The highest BCUT2D eigenvalue weighted by Gasteiger charge is 2.30. The lowest BCUT2D eigenvalue weighted by molar-refractivity contribution is -0.142. The smallest absolute Gasteiger partial charge is 0.416 e. The maximum absolute atomic E-state index is 12.6. The van der Waals surface area contributed by atoms with Crippen LogP contribution in [0.15, 0.2) is 48.5 Å². The molecule has 0 saturated carbocycles. The van der Waals surface area contributed by atoms with E-state index in [1.54, 1.807) is 24.3 Å². The van der Waals surface area contributed by atoms with Gasteiger partial charge >= 0.3 is 12.1 Å². The number of esters is 1. The monoisotopic (exact) mass is 381 g/mol. The molecule has 0 fully saturated rings. The highest BCUT2D eigenvalue weighted by atomic mass is 19.4. The molecule has 0 radical (unpaired) electrons. The number of rotatable bonds is 6. The van der Waals surface area contributed by atoms with Gasteiger partial charge in [-0.2, -0.15) is 13.2 Å². The fourth-order valence-corrected chi connectivity index (χ4v) is 2.42. The van der Waals surface area contributed by atoms with Crippen molar-refractivity contribution in [2.75, 3.05) is 14.2 Å². The van der Waals surface area contributed by atoms with Crippen LogP contribution in [0.25, 0.3) is 0 Å². The number of hydrogen-bond donors (Lipinski definition) is 1. The second-order valence-electron chi connectivity index (χ2n) is 5.68. The SMILES string of the molecule is COC(=O)[C@H](Cc1cccc(OC)c1)NC(=O)c1ccc(C(F)(F)F)cc1. The quantitative estimate of drug-likeness (QED) is 0.781. The Morgan fingerprint density at radius 3 is 2.30 bits per heavy atom. The van der Waals surface area contributed by atoms with E-state index in [1.807, 2.05) is 0 Å². The first-order valence-corrected chi connectivity index (χ1v) is 7.93. The van der Waals surface area contributed by atoms with Crippen LogP contribution in [0.4, 0.5) is 13.2 Å². The molecule has 0 bridgehead atoms. The fraction of sp³-hybridized carbons (Fsp3) is 0.263. The highest BCUT2D eigenvalue weighted by molar-refractivity contribution is 5.96. The van der Waals surface area contributed by atoms with Gasteiger partial charge in [0.25, 0.3) is 5.91 Å². The van der Waals surface area contributed by atoms with Crippen molar-refractivity contribution in [2.24, 2.45) is 0 Å². The van der Waals surface area contributed by atoms with Crippen molar-refractivity contribution < 1.29 is 32.2 Å². The zero-order chi connectivity index (χ0) is 20.0. The summed E-state index contributed by atoms with van der Waals surface area (Å²) in [7, 11) is 2.69. The van der Waals surface area contributed by atoms with Crippen LogP contribution in [0.1, 0.15) is 21.5 Å². The average molecular weight is 381 g/mol. The van der Waals surface area contributed by atoms with E-state index in [9.17, 15) is 22.8 Å². The van der Waals surface area contributed by atoms with Crippen molar-refractivity contribution in [1.29, 1.82) is 0 Å². The summed E-state index contributed by atoms with van der Waals surface area (Å²) in [6.45, 7) is 0. The predicted octanol–water partition coefficient (Wildman–Crippen LogP) is 3.23. The van der Waals surface area contributed by atoms with E-state index in [0.717, 1.165) is 29.8 Å². The molecule has 2 aromatic rings. The Morgan fingerprint density at radius 2 is 1.74 bits per heavy atom. The molecule has 0 aliphatic carbocycles. The molecular weight excluding hydrogens is 363 g/mol. The summed E-state index contributed by atoms with van der Waals surface area (Å²) >= 11 is 0. The van der Waals surface area contributed by atoms with Gasteiger partial charge in [-0.1, -0.05) is 12.1 Å². The molecule has 0 saturated heterocycles. The van der Waals surface area contributed by atoms with E-state index in [0.29, 0.717) is 5.75 Å². The minimum Gasteiger partial charge on any atom is -0.497 e. The summed E-state index contributed by atoms with van der Waals surface area (Å²) in [5.41, 5.74) is -0.139. The lowest BCUT2D eigenvalue weighted by Gasteiger charge is -2.17. The third-order valence-corrected chi connectivity index (χ3v) is 3.84. The first-order valence-electron chi connectivity index (χ1n) is 7.93. The minimum atomic E-state index is -4.49. The summed E-state index contributed by atoms with van der Waals surface area (Å²) in [6.07, 6.45) is -4.35. The molecule has 0 heterocycles. The minimum absolute atomic E-state index is 0.00236. The van der Waals surface area contributed by atoms with Crippen molar-refractivity contribution in [2.45, 2.75) is 18.6 Å². The Morgan fingerprint density at radius 1 is 1.07 bits per heavy atom. The van der Waals surface area contributed by atoms with Crippen LogP contribution in [0, 0.1) is 0 Å². The summed E-state index contributed by atoms with van der Waals surface area (Å²) < 4.78 is 47.7. The Hall–Kier alpha value is -3.03. The van der Waals surface area contributed by atoms with Gasteiger partial charge in [0.15, 0.2) is 0 Å². The van der Waals surface area contributed by atoms with Gasteiger partial charge in [-0.15, -0.1) is 0 Å². The third kappa shape index (κ3) is 5.47. The van der Waals surface area contributed by atoms with Gasteiger partial charge in [0.05, 0.1) is 19.8 Å². The Balaban J connectivity index is 2.15. The molecule has 8 heteroatoms. The van der Waals surface area contributed by atoms with Crippen molar-refractivity contribution in [3.63, 3.8) is 0 Å². The number of ether oxygens (including phenoxy) is 2. The zero-order valence-electron chi connectivity index (χ0n) is 14.7. The number of alkyl halides is 3. The Bertz CT molecular complexity index is 803. The average Bonchev–Trinajstić information content (AvgIpc) is 2.66. The molecule has 2 aromatic carbocycles. The molecule has 1 amide bonds. The van der Waals surface area contributed by atoms with Crippen LogP contribution < -0.4 is 10.1 Å². The van der Waals surface area contributed by atoms with E-state index in [-0.39, 0.29) is 12.0 Å². The summed E-state index contributed by atoms with van der Waals surface area (Å²) in [4.78, 5) is 24.3. The lowest BCUT2D eigenvalue weighted by atomic mass is 10.0. The second-order valence-corrected chi connectivity index (χ2v) is 5.68. The number of carbonyl (C=O) groups is 2. The number of nitrogens with one attached hydrogen (secondary N) is 1. The summed E-state index contributed by atoms with van der Waals surface area (Å²) in [6, 6.07) is 9.65. The second kappa shape index (κ2) is 8.57. The van der Waals surface area contributed by atoms with Crippen LogP contribution in [0.2, 0.25) is 0 Å². The fourth-order valence-electron chi connectivity index (χ4n) is 2.42. The molecule has 0 spiro atoms. The van der Waals surface area contributed by atoms with Gasteiger partial charge in [-0.05, 0) is 42.0 Å². The molecule has 144 valence electrons. The third-order valence-electron chi connectivity index (χ3n) is 3.84. The van der Waals surface area contributed by atoms with E-state index in [1.165, 1.54) is 14.2 Å². The number of amides is 1. The van der Waals surface area contributed by atoms with Crippen LogP contribution in [-0.4, -0.2) is 32.1 Å². The van der Waals surface area contributed by atoms with Crippen LogP contribution in [0.5, 0.6) is 5.75 Å². The highest BCUT2D eigenvalue weighted by Crippen LogP contribution is 2.29. The standard InChI is InChI=1S/C19H18F3NO4/c1-26-15-5-3-4-12(10-15)11-16(18(25)27-2)23-17(24)13-6-8-14(9-7-13)19(20,21)22/h3-10,16H,11H2,1-2H3,(H,23,24)/t16-/m0/s1. The van der Waals surface area contributed by atoms with Crippen LogP contribution in [-0.2, 0) is 22.1 Å². The molecule has 0 aromatic heterocycles. The van der Waals surface area contributed by atoms with Gasteiger partial charge in [0.1, 0.15) is 11.8 Å². The number of halogens is 3. The molecule has 0 aliphatic rings. The van der Waals surface area contributed by atoms with E-state index >= 15 is 0 Å². The Labute approximate surface area is 154 Å². The molecule has 1 atom stereocenters. The van der Waals surface area contributed by atoms with Crippen molar-refractivity contribution in [1.82, 2.24) is 5.32 Å². The molecule has 0 aliphatic heterocycles. The summed E-state index contributed by atoms with van der Waals surface area (Å²) in [5, 5.41) is 2.49. The summed E-state index contributed by atoms with van der Waals surface area (Å²) in [5.74, 6) is -0.759. The molecule has 2 rings (SSSR count). The lowest BCUT2D eigenvalue weighted by Crippen LogP contribution is -2.43. The number of hydrogen-bond acceptors (Lipinski definition) is 4. The molecule has 5 nitrogen and oxygen atoms in total. The van der Waals surface area contributed by atoms with Gasteiger partial charge in [0.2, 0.25) is 0 Å². The number of benzene rings is 2. The van der Waals surface area contributed by atoms with Gasteiger partial charge < -0.3 is 14.8 Å².